The molecular weight excluding hydrogens is 430 g/mol. The van der Waals surface area contributed by atoms with Gasteiger partial charge < -0.3 is 24.8 Å². The van der Waals surface area contributed by atoms with Crippen molar-refractivity contribution in [1.29, 1.82) is 0 Å². The Morgan fingerprint density at radius 3 is 2.59 bits per heavy atom. The van der Waals surface area contributed by atoms with Crippen molar-refractivity contribution >= 4 is 17.3 Å². The molecule has 0 unspecified atom stereocenters. The summed E-state index contributed by atoms with van der Waals surface area (Å²) in [5, 5.41) is 11.6. The summed E-state index contributed by atoms with van der Waals surface area (Å²) in [7, 11) is 0. The molecular formula is C27H23N3O4. The summed E-state index contributed by atoms with van der Waals surface area (Å²) in [5.74, 6) is 1.96. The standard InChI is InChI=1S/C27H23N3O4/c31-14-13-28-27(32)21-6-4-5-20(15-21)24-17-30-25(18-33-26(30)16-29-24)19-9-11-23(12-10-19)34-22-7-2-1-3-8-22/h1-12,15-16,18,31H,13-14,17H2,(H,28,32). The van der Waals surface area contributed by atoms with Gasteiger partial charge in [-0.2, -0.15) is 0 Å². The molecule has 170 valence electrons. The molecule has 0 aromatic heterocycles. The Hall–Kier alpha value is -4.36. The van der Waals surface area contributed by atoms with Crippen LogP contribution in [0.25, 0.3) is 5.70 Å². The van der Waals surface area contributed by atoms with Gasteiger partial charge in [-0.15, -0.1) is 0 Å². The molecule has 2 aliphatic rings. The third-order valence-corrected chi connectivity index (χ3v) is 5.47. The molecule has 3 aromatic carbocycles. The number of amides is 1. The second kappa shape index (κ2) is 9.64. The Kier molecular flexibility index (Phi) is 6.09. The van der Waals surface area contributed by atoms with Crippen molar-refractivity contribution < 1.29 is 19.4 Å². The summed E-state index contributed by atoms with van der Waals surface area (Å²) in [5.41, 5.74) is 4.10. The van der Waals surface area contributed by atoms with Crippen molar-refractivity contribution in [2.75, 3.05) is 19.7 Å². The van der Waals surface area contributed by atoms with Crippen molar-refractivity contribution in [1.82, 2.24) is 10.2 Å². The molecule has 2 aliphatic heterocycles. The SMILES string of the molecule is O=C(NCCO)c1cccc(C2=NC=C3OC=C(c4ccc(Oc5ccccc5)cc4)N3C2)c1. The van der Waals surface area contributed by atoms with Crippen LogP contribution in [-0.4, -0.2) is 41.3 Å². The number of aliphatic imine (C=N–C) groups is 1. The summed E-state index contributed by atoms with van der Waals surface area (Å²) >= 11 is 0. The minimum Gasteiger partial charge on any atom is -0.457 e. The number of aliphatic hydroxyl groups is 1. The molecule has 34 heavy (non-hydrogen) atoms. The lowest BCUT2D eigenvalue weighted by atomic mass is 10.0. The van der Waals surface area contributed by atoms with E-state index in [9.17, 15) is 4.79 Å². The van der Waals surface area contributed by atoms with E-state index in [1.807, 2.05) is 71.6 Å². The fraction of sp³-hybridized carbons (Fsp3) is 0.111. The van der Waals surface area contributed by atoms with E-state index >= 15 is 0 Å². The van der Waals surface area contributed by atoms with E-state index in [4.69, 9.17) is 14.6 Å². The highest BCUT2D eigenvalue weighted by Gasteiger charge is 2.28. The van der Waals surface area contributed by atoms with E-state index in [0.29, 0.717) is 18.0 Å². The van der Waals surface area contributed by atoms with Crippen LogP contribution in [0.2, 0.25) is 0 Å². The maximum atomic E-state index is 12.3. The van der Waals surface area contributed by atoms with Crippen LogP contribution in [0.15, 0.2) is 102 Å². The van der Waals surface area contributed by atoms with E-state index in [1.54, 1.807) is 24.6 Å². The molecule has 2 N–H and O–H groups in total. The molecule has 5 rings (SSSR count). The van der Waals surface area contributed by atoms with Crippen LogP contribution in [0.1, 0.15) is 21.5 Å². The van der Waals surface area contributed by atoms with Crippen LogP contribution in [-0.2, 0) is 4.74 Å². The van der Waals surface area contributed by atoms with Gasteiger partial charge in [-0.3, -0.25) is 9.79 Å². The molecule has 0 saturated carbocycles. The topological polar surface area (TPSA) is 83.4 Å². The average Bonchev–Trinajstić information content (AvgIpc) is 3.32. The number of para-hydroxylation sites is 1. The molecule has 0 aliphatic carbocycles. The van der Waals surface area contributed by atoms with E-state index in [2.05, 4.69) is 10.3 Å². The van der Waals surface area contributed by atoms with Gasteiger partial charge in [0.2, 0.25) is 5.88 Å². The van der Waals surface area contributed by atoms with E-state index in [0.717, 1.165) is 34.0 Å². The molecule has 0 spiro atoms. The summed E-state index contributed by atoms with van der Waals surface area (Å²) in [6.45, 7) is 0.612. The van der Waals surface area contributed by atoms with Gasteiger partial charge >= 0.3 is 0 Å². The first-order valence-electron chi connectivity index (χ1n) is 11.0. The normalized spacial score (nSPS) is 14.4. The van der Waals surface area contributed by atoms with E-state index in [1.165, 1.54) is 0 Å². The van der Waals surface area contributed by atoms with Gasteiger partial charge in [-0.25, -0.2) is 0 Å². The van der Waals surface area contributed by atoms with Gasteiger partial charge in [0.1, 0.15) is 17.8 Å². The molecule has 7 nitrogen and oxygen atoms in total. The fourth-order valence-electron chi connectivity index (χ4n) is 3.77. The van der Waals surface area contributed by atoms with Gasteiger partial charge in [0.25, 0.3) is 5.91 Å². The largest absolute Gasteiger partial charge is 0.457 e. The number of nitrogens with one attached hydrogen (secondary N) is 1. The number of fused-ring (bicyclic) bond motifs is 1. The van der Waals surface area contributed by atoms with Crippen LogP contribution in [0.3, 0.4) is 0 Å². The first-order valence-corrected chi connectivity index (χ1v) is 11.0. The summed E-state index contributed by atoms with van der Waals surface area (Å²) in [6.07, 6.45) is 3.41. The molecule has 0 radical (unpaired) electrons. The number of benzene rings is 3. The maximum absolute atomic E-state index is 12.3. The molecule has 0 bridgehead atoms. The highest BCUT2D eigenvalue weighted by atomic mass is 16.5. The van der Waals surface area contributed by atoms with Gasteiger partial charge in [0.05, 0.1) is 30.8 Å². The minimum atomic E-state index is -0.230. The smallest absolute Gasteiger partial charge is 0.251 e. The summed E-state index contributed by atoms with van der Waals surface area (Å²) in [4.78, 5) is 18.9. The summed E-state index contributed by atoms with van der Waals surface area (Å²) < 4.78 is 11.6. The van der Waals surface area contributed by atoms with Crippen LogP contribution in [0.4, 0.5) is 0 Å². The van der Waals surface area contributed by atoms with Gasteiger partial charge in [-0.05, 0) is 54.1 Å². The Balaban J connectivity index is 1.31. The van der Waals surface area contributed by atoms with E-state index < -0.39 is 0 Å². The lowest BCUT2D eigenvalue weighted by Crippen LogP contribution is -2.29. The predicted molar refractivity (Wildman–Crippen MR) is 129 cm³/mol. The molecule has 0 saturated heterocycles. The monoisotopic (exact) mass is 453 g/mol. The number of ether oxygens (including phenoxy) is 2. The zero-order chi connectivity index (χ0) is 23.3. The minimum absolute atomic E-state index is 0.102. The highest BCUT2D eigenvalue weighted by molar-refractivity contribution is 6.06. The van der Waals surface area contributed by atoms with Gasteiger partial charge in [-0.1, -0.05) is 30.3 Å². The number of aliphatic hydroxyl groups excluding tert-OH is 1. The number of rotatable bonds is 7. The number of hydrogen-bond acceptors (Lipinski definition) is 6. The quantitative estimate of drug-likeness (QED) is 0.562. The molecule has 0 fully saturated rings. The molecule has 0 atom stereocenters. The van der Waals surface area contributed by atoms with Crippen molar-refractivity contribution in [3.8, 4) is 11.5 Å². The van der Waals surface area contributed by atoms with Crippen LogP contribution in [0.5, 0.6) is 11.5 Å². The third-order valence-electron chi connectivity index (χ3n) is 5.47. The van der Waals surface area contributed by atoms with E-state index in [-0.39, 0.29) is 19.1 Å². The summed E-state index contributed by atoms with van der Waals surface area (Å²) in [6, 6.07) is 24.8. The van der Waals surface area contributed by atoms with Gasteiger partial charge in [0, 0.05) is 17.7 Å². The first kappa shape index (κ1) is 21.5. The average molecular weight is 453 g/mol. The van der Waals surface area contributed by atoms with Crippen LogP contribution < -0.4 is 10.1 Å². The number of nitrogens with zero attached hydrogens (tertiary/aromatic N) is 2. The molecule has 1 amide bonds. The van der Waals surface area contributed by atoms with Crippen molar-refractivity contribution in [2.45, 2.75) is 0 Å². The van der Waals surface area contributed by atoms with Crippen molar-refractivity contribution in [2.24, 2.45) is 4.99 Å². The number of carbonyl (C=O) groups excluding carboxylic acids is 1. The Morgan fingerprint density at radius 2 is 1.79 bits per heavy atom. The lowest BCUT2D eigenvalue weighted by molar-refractivity contribution is 0.0944. The lowest BCUT2D eigenvalue weighted by Gasteiger charge is -2.25. The zero-order valence-electron chi connectivity index (χ0n) is 18.3. The second-order valence-electron chi connectivity index (χ2n) is 7.75. The van der Waals surface area contributed by atoms with Crippen LogP contribution in [0, 0.1) is 0 Å². The maximum Gasteiger partial charge on any atom is 0.251 e. The van der Waals surface area contributed by atoms with Gasteiger partial charge in [0.15, 0.2) is 0 Å². The Labute approximate surface area is 197 Å². The van der Waals surface area contributed by atoms with Crippen molar-refractivity contribution in [3.05, 3.63) is 114 Å². The molecule has 3 aromatic rings. The highest BCUT2D eigenvalue weighted by Crippen LogP contribution is 2.34. The second-order valence-corrected chi connectivity index (χ2v) is 7.75. The molecule has 2 heterocycles. The zero-order valence-corrected chi connectivity index (χ0v) is 18.3. The Morgan fingerprint density at radius 1 is 1.00 bits per heavy atom. The predicted octanol–water partition coefficient (Wildman–Crippen LogP) is 4.13. The Bertz CT molecular complexity index is 1280. The van der Waals surface area contributed by atoms with Crippen molar-refractivity contribution in [3.63, 3.8) is 0 Å². The number of hydrogen-bond donors (Lipinski definition) is 2. The number of carbonyl (C=O) groups is 1. The third kappa shape index (κ3) is 4.55. The fourth-order valence-corrected chi connectivity index (χ4v) is 3.77. The first-order chi connectivity index (χ1) is 16.7. The molecule has 7 heteroatoms. The van der Waals surface area contributed by atoms with Crippen LogP contribution >= 0.6 is 0 Å².